The summed E-state index contributed by atoms with van der Waals surface area (Å²) in [6.07, 6.45) is 77.2. The highest BCUT2D eigenvalue weighted by atomic mass is 31.2. The van der Waals surface area contributed by atoms with Gasteiger partial charge >= 0.3 is 39.5 Å². The number of phosphoric acid groups is 2. The summed E-state index contributed by atoms with van der Waals surface area (Å²) in [6, 6.07) is 0. The van der Waals surface area contributed by atoms with Crippen LogP contribution in [0.2, 0.25) is 0 Å². The first-order chi connectivity index (χ1) is 49.7. The van der Waals surface area contributed by atoms with E-state index < -0.39 is 97.5 Å². The van der Waals surface area contributed by atoms with Gasteiger partial charge in [-0.05, 0) is 96.3 Å². The highest BCUT2D eigenvalue weighted by Crippen LogP contribution is 2.45. The molecule has 5 atom stereocenters. The number of hydrogen-bond acceptors (Lipinski definition) is 15. The Labute approximate surface area is 622 Å². The molecule has 0 rings (SSSR count). The Morgan fingerprint density at radius 3 is 0.804 bits per heavy atom. The highest BCUT2D eigenvalue weighted by Gasteiger charge is 2.30. The third-order valence-electron chi connectivity index (χ3n) is 17.7. The van der Waals surface area contributed by atoms with Crippen molar-refractivity contribution in [2.75, 3.05) is 39.6 Å². The second-order valence-electron chi connectivity index (χ2n) is 27.7. The smallest absolute Gasteiger partial charge is 0.462 e. The molecule has 0 radical (unpaired) electrons. The second-order valence-corrected chi connectivity index (χ2v) is 30.6. The van der Waals surface area contributed by atoms with E-state index in [0.29, 0.717) is 25.7 Å². The van der Waals surface area contributed by atoms with Gasteiger partial charge in [-0.3, -0.25) is 37.3 Å². The number of carbonyl (C=O) groups excluding carboxylic acids is 4. The molecule has 0 bridgehead atoms. The number of ether oxygens (including phenoxy) is 4. The molecule has 17 nitrogen and oxygen atoms in total. The molecule has 0 amide bonds. The number of carbonyl (C=O) groups is 4. The van der Waals surface area contributed by atoms with Gasteiger partial charge in [-0.15, -0.1) is 0 Å². The Kier molecular flexibility index (Phi) is 73.1. The predicted octanol–water partition coefficient (Wildman–Crippen LogP) is 24.0. The van der Waals surface area contributed by atoms with Crippen LogP contribution < -0.4 is 0 Å². The number of aliphatic hydroxyl groups excluding tert-OH is 1. The topological polar surface area (TPSA) is 237 Å². The lowest BCUT2D eigenvalue weighted by molar-refractivity contribution is -0.161. The van der Waals surface area contributed by atoms with Crippen molar-refractivity contribution in [1.29, 1.82) is 0 Å². The molecular formula is C83H150O17P2. The van der Waals surface area contributed by atoms with E-state index in [1.54, 1.807) is 0 Å². The molecule has 5 unspecified atom stereocenters. The lowest BCUT2D eigenvalue weighted by Gasteiger charge is -2.21. The molecule has 0 fully saturated rings. The van der Waals surface area contributed by atoms with Crippen LogP contribution in [0.3, 0.4) is 0 Å². The minimum atomic E-state index is -4.98. The third-order valence-corrected chi connectivity index (χ3v) is 19.6. The molecule has 0 saturated heterocycles. The molecule has 0 saturated carbocycles. The van der Waals surface area contributed by atoms with Crippen molar-refractivity contribution in [3.8, 4) is 0 Å². The first-order valence-electron chi connectivity index (χ1n) is 41.2. The summed E-state index contributed by atoms with van der Waals surface area (Å²) in [5, 5.41) is 10.6. The fourth-order valence-corrected chi connectivity index (χ4v) is 13.0. The molecule has 594 valence electrons. The molecule has 0 aliphatic heterocycles. The van der Waals surface area contributed by atoms with Crippen molar-refractivity contribution in [2.45, 2.75) is 393 Å². The quantitative estimate of drug-likeness (QED) is 0.0169. The summed E-state index contributed by atoms with van der Waals surface area (Å²) >= 11 is 0. The summed E-state index contributed by atoms with van der Waals surface area (Å²) in [7, 11) is -9.95. The molecule has 0 aliphatic carbocycles. The van der Waals surface area contributed by atoms with Crippen LogP contribution in [0.1, 0.15) is 374 Å². The number of hydrogen-bond donors (Lipinski definition) is 3. The monoisotopic (exact) mass is 1480 g/mol. The summed E-state index contributed by atoms with van der Waals surface area (Å²) in [5.41, 5.74) is 0. The first-order valence-corrected chi connectivity index (χ1v) is 44.2. The average Bonchev–Trinajstić information content (AvgIpc) is 0.923. The number of allylic oxidation sites excluding steroid dienone is 12. The fourth-order valence-electron chi connectivity index (χ4n) is 11.4. The number of unbranched alkanes of at least 4 members (excludes halogenated alkanes) is 40. The molecule has 0 aliphatic rings. The summed E-state index contributed by atoms with van der Waals surface area (Å²) in [6.45, 7) is 4.78. The average molecular weight is 1480 g/mol. The Morgan fingerprint density at radius 1 is 0.284 bits per heavy atom. The zero-order valence-corrected chi connectivity index (χ0v) is 66.8. The van der Waals surface area contributed by atoms with Crippen LogP contribution in [0.5, 0.6) is 0 Å². The van der Waals surface area contributed by atoms with Crippen molar-refractivity contribution >= 4 is 39.5 Å². The first kappa shape index (κ1) is 98.5. The summed E-state index contributed by atoms with van der Waals surface area (Å²) in [5.74, 6) is -2.18. The van der Waals surface area contributed by atoms with Gasteiger partial charge in [-0.1, -0.05) is 325 Å². The van der Waals surface area contributed by atoms with E-state index >= 15 is 0 Å². The van der Waals surface area contributed by atoms with E-state index in [1.165, 1.54) is 154 Å². The zero-order chi connectivity index (χ0) is 74.6. The van der Waals surface area contributed by atoms with E-state index in [9.17, 15) is 43.2 Å². The maximum atomic E-state index is 13.1. The van der Waals surface area contributed by atoms with E-state index in [1.807, 2.05) is 0 Å². The van der Waals surface area contributed by atoms with Crippen molar-refractivity contribution < 1.29 is 80.2 Å². The molecule has 102 heavy (non-hydrogen) atoms. The second kappa shape index (κ2) is 75.7. The van der Waals surface area contributed by atoms with Gasteiger partial charge in [0.05, 0.1) is 26.4 Å². The molecular weight excluding hydrogens is 1330 g/mol. The van der Waals surface area contributed by atoms with Crippen LogP contribution in [0.15, 0.2) is 72.9 Å². The van der Waals surface area contributed by atoms with Gasteiger partial charge in [0.15, 0.2) is 12.2 Å². The minimum absolute atomic E-state index is 0.0756. The maximum absolute atomic E-state index is 13.1. The predicted molar refractivity (Wildman–Crippen MR) is 418 cm³/mol. The maximum Gasteiger partial charge on any atom is 0.472 e. The largest absolute Gasteiger partial charge is 0.472 e. The van der Waals surface area contributed by atoms with Gasteiger partial charge in [-0.25, -0.2) is 9.13 Å². The van der Waals surface area contributed by atoms with E-state index in [4.69, 9.17) is 37.0 Å². The molecule has 0 aromatic carbocycles. The van der Waals surface area contributed by atoms with Gasteiger partial charge in [0.25, 0.3) is 0 Å². The summed E-state index contributed by atoms with van der Waals surface area (Å²) in [4.78, 5) is 73.1. The van der Waals surface area contributed by atoms with Crippen LogP contribution in [0, 0.1) is 0 Å². The van der Waals surface area contributed by atoms with Crippen LogP contribution in [-0.2, 0) is 65.4 Å². The van der Waals surface area contributed by atoms with Crippen LogP contribution >= 0.6 is 15.6 Å². The lowest BCUT2D eigenvalue weighted by Crippen LogP contribution is -2.30. The number of aliphatic hydroxyl groups is 1. The van der Waals surface area contributed by atoms with Gasteiger partial charge in [0.2, 0.25) is 0 Å². The number of rotatable bonds is 78. The van der Waals surface area contributed by atoms with Gasteiger partial charge < -0.3 is 33.8 Å². The Morgan fingerprint density at radius 2 is 0.510 bits per heavy atom. The molecule has 0 aromatic rings. The van der Waals surface area contributed by atoms with E-state index in [2.05, 4.69) is 101 Å². The van der Waals surface area contributed by atoms with Crippen LogP contribution in [0.4, 0.5) is 0 Å². The van der Waals surface area contributed by atoms with Crippen molar-refractivity contribution in [3.05, 3.63) is 72.9 Å². The molecule has 19 heteroatoms. The molecule has 3 N–H and O–H groups in total. The molecule has 0 spiro atoms. The van der Waals surface area contributed by atoms with Crippen LogP contribution in [0.25, 0.3) is 0 Å². The lowest BCUT2D eigenvalue weighted by atomic mass is 10.0. The summed E-state index contributed by atoms with van der Waals surface area (Å²) < 4.78 is 68.7. The number of esters is 4. The fraction of sp³-hybridized carbons (Fsp3) is 0.807. The zero-order valence-electron chi connectivity index (χ0n) is 65.0. The van der Waals surface area contributed by atoms with E-state index in [-0.39, 0.29) is 25.7 Å². The Balaban J connectivity index is 5.35. The van der Waals surface area contributed by atoms with Crippen molar-refractivity contribution in [3.63, 3.8) is 0 Å². The minimum Gasteiger partial charge on any atom is -0.462 e. The van der Waals surface area contributed by atoms with Gasteiger partial charge in [0, 0.05) is 25.7 Å². The van der Waals surface area contributed by atoms with Crippen LogP contribution in [-0.4, -0.2) is 96.7 Å². The Bertz CT molecular complexity index is 2210. The van der Waals surface area contributed by atoms with E-state index in [0.717, 1.165) is 141 Å². The van der Waals surface area contributed by atoms with Crippen molar-refractivity contribution in [2.24, 2.45) is 0 Å². The standard InChI is InChI=1S/C83H150O17P2/c1-5-9-13-17-21-25-29-33-37-38-42-44-48-52-56-60-64-68-81(86)94-74-79(100-83(88)70-66-62-58-54-50-46-41-36-32-28-24-20-16-12-8-4)76-98-102(91,92)96-72-77(84)71-95-101(89,90)97-75-78(99-82(87)69-65-61-57-53-49-45-40-35-31-27-23-19-15-11-7-3)73-93-80(85)67-63-59-55-51-47-43-39-34-30-26-22-18-14-10-6-2/h9,13,21,24-25,28,33,36-37,41-42,44,77-79,84H,5-8,10-12,14-20,22-23,26-27,29-32,34-35,38-40,43,45-76H2,1-4H3,(H,89,90)(H,91,92)/b13-9-,25-21-,28-24-,37-33-,41-36-,44-42-. The van der Waals surface area contributed by atoms with Gasteiger partial charge in [-0.2, -0.15) is 0 Å². The number of phosphoric ester groups is 2. The normalized spacial score (nSPS) is 14.2. The van der Waals surface area contributed by atoms with Gasteiger partial charge in [0.1, 0.15) is 19.3 Å². The van der Waals surface area contributed by atoms with Crippen molar-refractivity contribution in [1.82, 2.24) is 0 Å². The highest BCUT2D eigenvalue weighted by molar-refractivity contribution is 7.47. The Hall–Kier alpha value is -3.50. The molecule has 0 aromatic heterocycles. The third kappa shape index (κ3) is 74.8. The SMILES string of the molecule is CC/C=C\C/C=C\C/C=C\C/C=C\CCCCCCC(=O)OCC(COP(=O)(O)OCC(O)COP(=O)(O)OCC(COC(=O)CCCCCCCCCCCCCCCCC)OC(=O)CCCCCCCCCCCCCCCCC)OC(=O)CCCCCCC/C=C\C/C=C\CCCCC. The molecule has 0 heterocycles.